The van der Waals surface area contributed by atoms with E-state index in [0.29, 0.717) is 22.2 Å². The number of halogens is 1. The van der Waals surface area contributed by atoms with Crippen molar-refractivity contribution in [1.82, 2.24) is 5.32 Å². The third-order valence-corrected chi connectivity index (χ3v) is 5.83. The summed E-state index contributed by atoms with van der Waals surface area (Å²) in [6.07, 6.45) is 0.447. The fourth-order valence-electron chi connectivity index (χ4n) is 2.92. The second-order valence-corrected chi connectivity index (χ2v) is 7.95. The zero-order valence-electron chi connectivity index (χ0n) is 15.4. The average Bonchev–Trinajstić information content (AvgIpc) is 2.99. The van der Waals surface area contributed by atoms with Crippen molar-refractivity contribution < 1.29 is 9.59 Å². The summed E-state index contributed by atoms with van der Waals surface area (Å²) in [5, 5.41) is 12.5. The monoisotopic (exact) mass is 411 g/mol. The van der Waals surface area contributed by atoms with Crippen LogP contribution < -0.4 is 10.2 Å². The van der Waals surface area contributed by atoms with Crippen LogP contribution in [0.2, 0.25) is 5.02 Å². The third kappa shape index (κ3) is 4.06. The van der Waals surface area contributed by atoms with E-state index in [0.717, 1.165) is 11.1 Å². The molecule has 142 valence electrons. The molecule has 0 unspecified atom stereocenters. The molecule has 2 aromatic carbocycles. The first-order valence-electron chi connectivity index (χ1n) is 8.62. The van der Waals surface area contributed by atoms with E-state index in [1.807, 2.05) is 55.5 Å². The van der Waals surface area contributed by atoms with Crippen molar-refractivity contribution in [2.75, 3.05) is 11.9 Å². The molecule has 3 rings (SSSR count). The Morgan fingerprint density at radius 3 is 2.61 bits per heavy atom. The molecule has 2 aromatic rings. The maximum Gasteiger partial charge on any atom is 0.264 e. The first-order valence-corrected chi connectivity index (χ1v) is 9.88. The Balaban J connectivity index is 2.04. The van der Waals surface area contributed by atoms with Gasteiger partial charge in [0.25, 0.3) is 5.91 Å². The van der Waals surface area contributed by atoms with E-state index in [1.54, 1.807) is 6.07 Å². The number of nitrogens with zero attached hydrogens (tertiary/aromatic N) is 2. The van der Waals surface area contributed by atoms with Gasteiger partial charge in [-0.3, -0.25) is 14.5 Å². The molecule has 1 atom stereocenters. The lowest BCUT2D eigenvalue weighted by atomic mass is 10.1. The molecule has 0 bridgehead atoms. The molecule has 0 aliphatic carbocycles. The van der Waals surface area contributed by atoms with E-state index in [9.17, 15) is 14.9 Å². The summed E-state index contributed by atoms with van der Waals surface area (Å²) in [5.41, 5.74) is 2.52. The number of likely N-dealkylation sites (N-methyl/N-ethyl adjacent to an activating group) is 1. The smallest absolute Gasteiger partial charge is 0.264 e. The van der Waals surface area contributed by atoms with Gasteiger partial charge in [0.15, 0.2) is 0 Å². The third-order valence-electron chi connectivity index (χ3n) is 4.33. The molecule has 7 heteroatoms. The van der Waals surface area contributed by atoms with Crippen molar-refractivity contribution in [3.8, 4) is 6.07 Å². The van der Waals surface area contributed by atoms with Crippen LogP contribution in [0.25, 0.3) is 0 Å². The van der Waals surface area contributed by atoms with Gasteiger partial charge in [0.2, 0.25) is 5.91 Å². The Bertz CT molecular complexity index is 995. The number of carbonyl (C=O) groups excluding carboxylic acids is 2. The molecule has 0 spiro atoms. The maximum absolute atomic E-state index is 13.2. The molecule has 0 saturated carbocycles. The number of aryl methyl sites for hydroxylation is 1. The molecule has 1 N–H and O–H groups in total. The fraction of sp³-hybridized carbons (Fsp3) is 0.190. The van der Waals surface area contributed by atoms with Gasteiger partial charge in [0.1, 0.15) is 16.7 Å². The summed E-state index contributed by atoms with van der Waals surface area (Å²) in [6, 6.07) is 16.7. The quantitative estimate of drug-likeness (QED) is 0.613. The van der Waals surface area contributed by atoms with Crippen molar-refractivity contribution in [3.63, 3.8) is 0 Å². The van der Waals surface area contributed by atoms with Crippen LogP contribution in [0.4, 0.5) is 5.69 Å². The number of thioether (sulfide) groups is 1. The van der Waals surface area contributed by atoms with Crippen LogP contribution in [0.5, 0.6) is 0 Å². The molecule has 0 radical (unpaired) electrons. The topological polar surface area (TPSA) is 73.2 Å². The number of anilines is 1. The van der Waals surface area contributed by atoms with Gasteiger partial charge in [-0.25, -0.2) is 0 Å². The highest BCUT2D eigenvalue weighted by Gasteiger charge is 2.40. The van der Waals surface area contributed by atoms with Gasteiger partial charge in [-0.2, -0.15) is 5.26 Å². The standard InChI is InChI=1S/C21H18ClN3O2S/c1-13-6-8-16(9-7-13)25-20(27)18(11-14-4-3-5-15(22)10-14)28-21(25)17(12-23)19(26)24-2/h3-10,18H,11H2,1-2H3,(H,24,26)/b21-17+/t18-/m1/s1. The second kappa shape index (κ2) is 8.51. The van der Waals surface area contributed by atoms with Crippen LogP contribution in [-0.4, -0.2) is 24.1 Å². The van der Waals surface area contributed by atoms with E-state index >= 15 is 0 Å². The van der Waals surface area contributed by atoms with Gasteiger partial charge < -0.3 is 5.32 Å². The number of benzene rings is 2. The SMILES string of the molecule is CNC(=O)/C(C#N)=C1/S[C@H](Cc2cccc(Cl)c2)C(=O)N1c1ccc(C)cc1. The fourth-order valence-corrected chi connectivity index (χ4v) is 4.44. The Kier molecular flexibility index (Phi) is 6.08. The van der Waals surface area contributed by atoms with Crippen LogP contribution in [-0.2, 0) is 16.0 Å². The van der Waals surface area contributed by atoms with Crippen molar-refractivity contribution in [3.05, 3.63) is 75.3 Å². The number of rotatable bonds is 4. The Labute approximate surface area is 173 Å². The minimum Gasteiger partial charge on any atom is -0.354 e. The first-order chi connectivity index (χ1) is 13.4. The summed E-state index contributed by atoms with van der Waals surface area (Å²) in [7, 11) is 1.46. The molecule has 1 aliphatic rings. The molecule has 28 heavy (non-hydrogen) atoms. The number of hydrogen-bond donors (Lipinski definition) is 1. The number of hydrogen-bond acceptors (Lipinski definition) is 4. The zero-order valence-corrected chi connectivity index (χ0v) is 17.0. The number of nitriles is 1. The molecule has 5 nitrogen and oxygen atoms in total. The molecule has 2 amide bonds. The number of amides is 2. The zero-order chi connectivity index (χ0) is 20.3. The summed E-state index contributed by atoms with van der Waals surface area (Å²) in [5.74, 6) is -0.682. The van der Waals surface area contributed by atoms with Crippen LogP contribution in [0, 0.1) is 18.3 Å². The Hall–Kier alpha value is -2.75. The number of carbonyl (C=O) groups is 2. The van der Waals surface area contributed by atoms with Gasteiger partial charge in [0.05, 0.1) is 5.25 Å². The van der Waals surface area contributed by atoms with Crippen molar-refractivity contribution in [1.29, 1.82) is 5.26 Å². The van der Waals surface area contributed by atoms with E-state index in [2.05, 4.69) is 5.32 Å². The Morgan fingerprint density at radius 1 is 1.29 bits per heavy atom. The van der Waals surface area contributed by atoms with Gasteiger partial charge in [0, 0.05) is 17.8 Å². The second-order valence-electron chi connectivity index (χ2n) is 6.32. The van der Waals surface area contributed by atoms with Crippen molar-refractivity contribution in [2.24, 2.45) is 0 Å². The van der Waals surface area contributed by atoms with E-state index in [-0.39, 0.29) is 11.5 Å². The van der Waals surface area contributed by atoms with Crippen molar-refractivity contribution in [2.45, 2.75) is 18.6 Å². The normalized spacial score (nSPS) is 18.0. The van der Waals surface area contributed by atoms with E-state index in [1.165, 1.54) is 23.7 Å². The summed E-state index contributed by atoms with van der Waals surface area (Å²) < 4.78 is 0. The highest BCUT2D eigenvalue weighted by molar-refractivity contribution is 8.05. The van der Waals surface area contributed by atoms with Crippen LogP contribution in [0.3, 0.4) is 0 Å². The molecular formula is C21H18ClN3O2S. The van der Waals surface area contributed by atoms with Crippen LogP contribution >= 0.6 is 23.4 Å². The Morgan fingerprint density at radius 2 is 2.00 bits per heavy atom. The molecule has 1 saturated heterocycles. The van der Waals surface area contributed by atoms with Crippen LogP contribution in [0.1, 0.15) is 11.1 Å². The minimum atomic E-state index is -0.515. The predicted molar refractivity (Wildman–Crippen MR) is 112 cm³/mol. The van der Waals surface area contributed by atoms with E-state index in [4.69, 9.17) is 11.6 Å². The van der Waals surface area contributed by atoms with Crippen molar-refractivity contribution >= 4 is 40.9 Å². The largest absolute Gasteiger partial charge is 0.354 e. The molecule has 1 aliphatic heterocycles. The highest BCUT2D eigenvalue weighted by atomic mass is 35.5. The van der Waals surface area contributed by atoms with Gasteiger partial charge in [-0.15, -0.1) is 0 Å². The minimum absolute atomic E-state index is 0.0741. The van der Waals surface area contributed by atoms with Crippen LogP contribution in [0.15, 0.2) is 59.1 Å². The first kappa shape index (κ1) is 20.0. The lowest BCUT2D eigenvalue weighted by Gasteiger charge is -2.18. The van der Waals surface area contributed by atoms with Gasteiger partial charge in [-0.1, -0.05) is 53.2 Å². The molecule has 0 aromatic heterocycles. The number of nitrogens with one attached hydrogen (secondary N) is 1. The molecule has 1 heterocycles. The highest BCUT2D eigenvalue weighted by Crippen LogP contribution is 2.42. The maximum atomic E-state index is 13.2. The van der Waals surface area contributed by atoms with E-state index < -0.39 is 11.2 Å². The summed E-state index contributed by atoms with van der Waals surface area (Å²) in [6.45, 7) is 1.95. The lowest BCUT2D eigenvalue weighted by molar-refractivity contribution is -0.117. The summed E-state index contributed by atoms with van der Waals surface area (Å²) >= 11 is 7.29. The van der Waals surface area contributed by atoms with Gasteiger partial charge in [-0.05, 0) is 43.2 Å². The average molecular weight is 412 g/mol. The lowest BCUT2D eigenvalue weighted by Crippen LogP contribution is -2.31. The molecular weight excluding hydrogens is 394 g/mol. The predicted octanol–water partition coefficient (Wildman–Crippen LogP) is 3.82. The summed E-state index contributed by atoms with van der Waals surface area (Å²) in [4.78, 5) is 26.9. The van der Waals surface area contributed by atoms with Gasteiger partial charge >= 0.3 is 0 Å². The molecule has 1 fully saturated rings.